The van der Waals surface area contributed by atoms with Crippen LogP contribution in [0.2, 0.25) is 0 Å². The predicted molar refractivity (Wildman–Crippen MR) is 68.7 cm³/mol. The Bertz CT molecular complexity index is 344. The number of carboxylic acids is 1. The molecule has 0 heterocycles. The van der Waals surface area contributed by atoms with E-state index in [1.54, 1.807) is 4.90 Å². The second-order valence-electron chi connectivity index (χ2n) is 5.43. The summed E-state index contributed by atoms with van der Waals surface area (Å²) in [6.45, 7) is 0.262. The highest BCUT2D eigenvalue weighted by Gasteiger charge is 2.36. The molecule has 2 aliphatic rings. The summed E-state index contributed by atoms with van der Waals surface area (Å²) in [6.07, 6.45) is 5.25. The first kappa shape index (κ1) is 14.1. The highest BCUT2D eigenvalue weighted by atomic mass is 16.4. The van der Waals surface area contributed by atoms with Crippen LogP contribution in [0.25, 0.3) is 0 Å². The van der Waals surface area contributed by atoms with Crippen molar-refractivity contribution in [3.05, 3.63) is 0 Å². The van der Waals surface area contributed by atoms with Crippen molar-refractivity contribution in [2.45, 2.75) is 50.6 Å². The lowest BCUT2D eigenvalue weighted by atomic mass is 9.91. The Labute approximate surface area is 112 Å². The number of aliphatic carboxylic acids is 1. The lowest BCUT2D eigenvalue weighted by Gasteiger charge is -2.38. The molecule has 6 heteroatoms. The van der Waals surface area contributed by atoms with E-state index in [2.05, 4.69) is 5.32 Å². The number of carbonyl (C=O) groups excluding carboxylic acids is 1. The van der Waals surface area contributed by atoms with Crippen molar-refractivity contribution in [2.24, 2.45) is 5.92 Å². The number of hydrogen-bond acceptors (Lipinski definition) is 3. The summed E-state index contributed by atoms with van der Waals surface area (Å²) in [6, 6.07) is -0.292. The molecule has 2 atom stereocenters. The summed E-state index contributed by atoms with van der Waals surface area (Å²) in [5.74, 6) is -1.30. The average molecular weight is 270 g/mol. The minimum atomic E-state index is -0.833. The number of carbonyl (C=O) groups is 2. The standard InChI is InChI=1S/C13H22N2O4/c16-8-7-15(9-3-1-4-9)13(19)14-11-6-2-5-10(11)12(17)18/h9-11,16H,1-8H2,(H,14,19)(H,17,18). The molecule has 2 amide bonds. The molecule has 0 aromatic carbocycles. The van der Waals surface area contributed by atoms with Crippen LogP contribution in [0.3, 0.4) is 0 Å². The van der Waals surface area contributed by atoms with Gasteiger partial charge in [-0.15, -0.1) is 0 Å². The summed E-state index contributed by atoms with van der Waals surface area (Å²) in [7, 11) is 0. The molecule has 2 fully saturated rings. The molecule has 2 aliphatic carbocycles. The van der Waals surface area contributed by atoms with E-state index in [-0.39, 0.29) is 24.7 Å². The Morgan fingerprint density at radius 2 is 1.84 bits per heavy atom. The van der Waals surface area contributed by atoms with Crippen molar-refractivity contribution in [1.29, 1.82) is 0 Å². The van der Waals surface area contributed by atoms with Crippen molar-refractivity contribution in [3.8, 4) is 0 Å². The van der Waals surface area contributed by atoms with E-state index in [1.165, 1.54) is 0 Å². The van der Waals surface area contributed by atoms with E-state index in [0.717, 1.165) is 32.1 Å². The fourth-order valence-electron chi connectivity index (χ4n) is 2.93. The van der Waals surface area contributed by atoms with E-state index >= 15 is 0 Å². The normalized spacial score (nSPS) is 26.8. The van der Waals surface area contributed by atoms with Gasteiger partial charge in [0.15, 0.2) is 0 Å². The van der Waals surface area contributed by atoms with Gasteiger partial charge in [-0.05, 0) is 32.1 Å². The molecule has 3 N–H and O–H groups in total. The Morgan fingerprint density at radius 3 is 2.37 bits per heavy atom. The summed E-state index contributed by atoms with van der Waals surface area (Å²) < 4.78 is 0. The van der Waals surface area contributed by atoms with Crippen molar-refractivity contribution < 1.29 is 19.8 Å². The molecule has 0 aromatic heterocycles. The first-order valence-corrected chi connectivity index (χ1v) is 7.04. The molecular formula is C13H22N2O4. The fraction of sp³-hybridized carbons (Fsp3) is 0.846. The number of rotatable bonds is 5. The van der Waals surface area contributed by atoms with Crippen LogP contribution in [0, 0.1) is 5.92 Å². The Kier molecular flexibility index (Phi) is 4.63. The molecule has 0 bridgehead atoms. The molecule has 2 rings (SSSR count). The van der Waals surface area contributed by atoms with Crippen LogP contribution in [0.4, 0.5) is 4.79 Å². The molecule has 0 aliphatic heterocycles. The number of urea groups is 1. The van der Waals surface area contributed by atoms with Gasteiger partial charge in [0, 0.05) is 18.6 Å². The highest BCUT2D eigenvalue weighted by molar-refractivity contribution is 5.77. The largest absolute Gasteiger partial charge is 0.481 e. The molecule has 0 aromatic rings. The van der Waals surface area contributed by atoms with Crippen LogP contribution in [0.1, 0.15) is 38.5 Å². The number of nitrogens with zero attached hydrogens (tertiary/aromatic N) is 1. The van der Waals surface area contributed by atoms with E-state index in [1.807, 2.05) is 0 Å². The third kappa shape index (κ3) is 3.18. The molecule has 0 spiro atoms. The zero-order chi connectivity index (χ0) is 13.8. The number of nitrogens with one attached hydrogen (secondary N) is 1. The van der Waals surface area contributed by atoms with Gasteiger partial charge in [-0.1, -0.05) is 6.42 Å². The summed E-state index contributed by atoms with van der Waals surface area (Å²) in [4.78, 5) is 24.9. The molecule has 2 saturated carbocycles. The SMILES string of the molecule is O=C(O)C1CCCC1NC(=O)N(CCO)C1CCC1. The zero-order valence-electron chi connectivity index (χ0n) is 11.0. The van der Waals surface area contributed by atoms with Gasteiger partial charge < -0.3 is 20.4 Å². The Hall–Kier alpha value is -1.30. The van der Waals surface area contributed by atoms with Crippen molar-refractivity contribution in [1.82, 2.24) is 10.2 Å². The molecule has 19 heavy (non-hydrogen) atoms. The van der Waals surface area contributed by atoms with E-state index in [9.17, 15) is 9.59 Å². The van der Waals surface area contributed by atoms with Gasteiger partial charge in [0.1, 0.15) is 0 Å². The summed E-state index contributed by atoms with van der Waals surface area (Å²) in [5, 5.41) is 21.0. The Morgan fingerprint density at radius 1 is 1.16 bits per heavy atom. The van der Waals surface area contributed by atoms with Gasteiger partial charge in [-0.25, -0.2) is 4.79 Å². The number of aliphatic hydroxyl groups is 1. The van der Waals surface area contributed by atoms with Gasteiger partial charge in [0.2, 0.25) is 0 Å². The smallest absolute Gasteiger partial charge is 0.317 e. The predicted octanol–water partition coefficient (Wildman–Crippen LogP) is 0.796. The zero-order valence-corrected chi connectivity index (χ0v) is 11.0. The van der Waals surface area contributed by atoms with Crippen LogP contribution < -0.4 is 5.32 Å². The second-order valence-corrected chi connectivity index (χ2v) is 5.43. The lowest BCUT2D eigenvalue weighted by Crippen LogP contribution is -2.53. The highest BCUT2D eigenvalue weighted by Crippen LogP contribution is 2.28. The quantitative estimate of drug-likeness (QED) is 0.689. The molecule has 0 radical (unpaired) electrons. The maximum Gasteiger partial charge on any atom is 0.317 e. The second kappa shape index (κ2) is 6.23. The van der Waals surface area contributed by atoms with Gasteiger partial charge in [-0.3, -0.25) is 4.79 Å². The maximum atomic E-state index is 12.2. The third-order valence-electron chi connectivity index (χ3n) is 4.26. The van der Waals surface area contributed by atoms with E-state index in [0.29, 0.717) is 13.0 Å². The van der Waals surface area contributed by atoms with Crippen LogP contribution in [-0.2, 0) is 4.79 Å². The van der Waals surface area contributed by atoms with E-state index in [4.69, 9.17) is 10.2 Å². The minimum absolute atomic E-state index is 0.0586. The first-order chi connectivity index (χ1) is 9.13. The van der Waals surface area contributed by atoms with Crippen molar-refractivity contribution in [2.75, 3.05) is 13.2 Å². The number of aliphatic hydroxyl groups excluding tert-OH is 1. The topological polar surface area (TPSA) is 89.9 Å². The number of carboxylic acid groups (broad SMARTS) is 1. The minimum Gasteiger partial charge on any atom is -0.481 e. The van der Waals surface area contributed by atoms with Gasteiger partial charge in [0.25, 0.3) is 0 Å². The average Bonchev–Trinajstić information content (AvgIpc) is 2.74. The molecule has 108 valence electrons. The maximum absolute atomic E-state index is 12.2. The lowest BCUT2D eigenvalue weighted by molar-refractivity contribution is -0.142. The number of amides is 2. The first-order valence-electron chi connectivity index (χ1n) is 7.04. The van der Waals surface area contributed by atoms with Crippen LogP contribution in [-0.4, -0.2) is 52.3 Å². The van der Waals surface area contributed by atoms with Crippen LogP contribution in [0.15, 0.2) is 0 Å². The van der Waals surface area contributed by atoms with Gasteiger partial charge in [0.05, 0.1) is 12.5 Å². The van der Waals surface area contributed by atoms with Crippen molar-refractivity contribution in [3.63, 3.8) is 0 Å². The summed E-state index contributed by atoms with van der Waals surface area (Å²) in [5.41, 5.74) is 0. The van der Waals surface area contributed by atoms with E-state index < -0.39 is 11.9 Å². The monoisotopic (exact) mass is 270 g/mol. The Balaban J connectivity index is 1.92. The molecule has 6 nitrogen and oxygen atoms in total. The van der Waals surface area contributed by atoms with Crippen LogP contribution in [0.5, 0.6) is 0 Å². The fourth-order valence-corrected chi connectivity index (χ4v) is 2.93. The van der Waals surface area contributed by atoms with Crippen molar-refractivity contribution >= 4 is 12.0 Å². The molecule has 0 saturated heterocycles. The van der Waals surface area contributed by atoms with Crippen LogP contribution >= 0.6 is 0 Å². The van der Waals surface area contributed by atoms with Gasteiger partial charge >= 0.3 is 12.0 Å². The summed E-state index contributed by atoms with van der Waals surface area (Å²) >= 11 is 0. The molecular weight excluding hydrogens is 248 g/mol. The third-order valence-corrected chi connectivity index (χ3v) is 4.26. The van der Waals surface area contributed by atoms with Gasteiger partial charge in [-0.2, -0.15) is 0 Å². The molecule has 2 unspecified atom stereocenters. The number of hydrogen-bond donors (Lipinski definition) is 3.